The SMILES string of the molecule is CCC(N)c1ccc2c(c1)N(C(C)=O)C(C)CC2. The number of amides is 1. The van der Waals surface area contributed by atoms with Gasteiger partial charge in [-0.05, 0) is 43.4 Å². The van der Waals surface area contributed by atoms with Gasteiger partial charge >= 0.3 is 0 Å². The van der Waals surface area contributed by atoms with Crippen molar-refractivity contribution in [3.05, 3.63) is 29.3 Å². The van der Waals surface area contributed by atoms with Crippen LogP contribution in [-0.4, -0.2) is 11.9 Å². The first-order valence-corrected chi connectivity index (χ1v) is 6.72. The number of hydrogen-bond donors (Lipinski definition) is 1. The third-order valence-corrected chi connectivity index (χ3v) is 3.85. The average Bonchev–Trinajstić information content (AvgIpc) is 2.36. The van der Waals surface area contributed by atoms with Gasteiger partial charge in [0.15, 0.2) is 0 Å². The summed E-state index contributed by atoms with van der Waals surface area (Å²) in [6, 6.07) is 6.66. The zero-order valence-corrected chi connectivity index (χ0v) is 11.4. The number of rotatable bonds is 2. The van der Waals surface area contributed by atoms with E-state index in [-0.39, 0.29) is 18.0 Å². The van der Waals surface area contributed by atoms with Gasteiger partial charge in [-0.2, -0.15) is 0 Å². The molecule has 3 heteroatoms. The largest absolute Gasteiger partial charge is 0.324 e. The van der Waals surface area contributed by atoms with E-state index in [2.05, 4.69) is 32.0 Å². The van der Waals surface area contributed by atoms with Crippen LogP contribution >= 0.6 is 0 Å². The maximum atomic E-state index is 11.8. The van der Waals surface area contributed by atoms with E-state index >= 15 is 0 Å². The second-order valence-corrected chi connectivity index (χ2v) is 5.18. The standard InChI is InChI=1S/C15H22N2O/c1-4-14(16)13-8-7-12-6-5-10(2)17(11(3)18)15(12)9-13/h7-10,14H,4-6,16H2,1-3H3. The van der Waals surface area contributed by atoms with Crippen LogP contribution in [0.15, 0.2) is 18.2 Å². The highest BCUT2D eigenvalue weighted by Crippen LogP contribution is 2.33. The molecule has 0 aliphatic carbocycles. The molecule has 1 aliphatic rings. The Hall–Kier alpha value is -1.35. The normalized spacial score (nSPS) is 20.4. The highest BCUT2D eigenvalue weighted by atomic mass is 16.2. The van der Waals surface area contributed by atoms with Crippen molar-refractivity contribution in [2.24, 2.45) is 5.73 Å². The Balaban J connectivity index is 2.45. The Bertz CT molecular complexity index is 456. The number of benzene rings is 1. The molecule has 3 nitrogen and oxygen atoms in total. The van der Waals surface area contributed by atoms with Crippen molar-refractivity contribution in [2.45, 2.75) is 52.1 Å². The van der Waals surface area contributed by atoms with Crippen LogP contribution in [0.1, 0.15) is 50.8 Å². The van der Waals surface area contributed by atoms with Gasteiger partial charge in [0.2, 0.25) is 5.91 Å². The highest BCUT2D eigenvalue weighted by Gasteiger charge is 2.26. The molecular weight excluding hydrogens is 224 g/mol. The van der Waals surface area contributed by atoms with Gasteiger partial charge in [0.05, 0.1) is 0 Å². The van der Waals surface area contributed by atoms with Crippen LogP contribution in [-0.2, 0) is 11.2 Å². The Morgan fingerprint density at radius 1 is 1.56 bits per heavy atom. The van der Waals surface area contributed by atoms with Crippen molar-refractivity contribution in [2.75, 3.05) is 4.90 Å². The third kappa shape index (κ3) is 2.27. The number of nitrogens with two attached hydrogens (primary N) is 1. The molecule has 2 atom stereocenters. The smallest absolute Gasteiger partial charge is 0.224 e. The van der Waals surface area contributed by atoms with Crippen molar-refractivity contribution in [1.29, 1.82) is 0 Å². The van der Waals surface area contributed by atoms with E-state index in [1.54, 1.807) is 6.92 Å². The minimum Gasteiger partial charge on any atom is -0.324 e. The average molecular weight is 246 g/mol. The molecule has 0 radical (unpaired) electrons. The number of hydrogen-bond acceptors (Lipinski definition) is 2. The van der Waals surface area contributed by atoms with Crippen LogP contribution in [0.25, 0.3) is 0 Å². The van der Waals surface area contributed by atoms with Crippen molar-refractivity contribution < 1.29 is 4.79 Å². The van der Waals surface area contributed by atoms with E-state index in [1.165, 1.54) is 5.56 Å². The van der Waals surface area contributed by atoms with E-state index in [0.717, 1.165) is 30.5 Å². The number of anilines is 1. The number of carbonyl (C=O) groups is 1. The van der Waals surface area contributed by atoms with Gasteiger partial charge in [-0.1, -0.05) is 19.1 Å². The summed E-state index contributed by atoms with van der Waals surface area (Å²) in [6.45, 7) is 5.82. The summed E-state index contributed by atoms with van der Waals surface area (Å²) in [7, 11) is 0. The van der Waals surface area contributed by atoms with E-state index in [4.69, 9.17) is 5.73 Å². The van der Waals surface area contributed by atoms with Crippen LogP contribution in [0.5, 0.6) is 0 Å². The monoisotopic (exact) mass is 246 g/mol. The van der Waals surface area contributed by atoms with Gasteiger partial charge in [0.25, 0.3) is 0 Å². The Labute approximate surface area is 109 Å². The molecule has 1 amide bonds. The van der Waals surface area contributed by atoms with E-state index in [0.29, 0.717) is 0 Å². The van der Waals surface area contributed by atoms with E-state index in [9.17, 15) is 4.79 Å². The number of aryl methyl sites for hydroxylation is 1. The zero-order chi connectivity index (χ0) is 13.3. The van der Waals surface area contributed by atoms with Crippen LogP contribution in [0, 0.1) is 0 Å². The molecule has 2 unspecified atom stereocenters. The van der Waals surface area contributed by atoms with Gasteiger partial charge < -0.3 is 10.6 Å². The lowest BCUT2D eigenvalue weighted by molar-refractivity contribution is -0.117. The van der Waals surface area contributed by atoms with Crippen LogP contribution in [0.3, 0.4) is 0 Å². The first kappa shape index (κ1) is 13.1. The Kier molecular flexibility index (Phi) is 3.71. The summed E-state index contributed by atoms with van der Waals surface area (Å²) in [5, 5.41) is 0. The van der Waals surface area contributed by atoms with Crippen LogP contribution in [0.2, 0.25) is 0 Å². The Morgan fingerprint density at radius 3 is 2.89 bits per heavy atom. The number of nitrogens with zero attached hydrogens (tertiary/aromatic N) is 1. The summed E-state index contributed by atoms with van der Waals surface area (Å²) in [5.41, 5.74) is 9.52. The molecule has 18 heavy (non-hydrogen) atoms. The number of carbonyl (C=O) groups excluding carboxylic acids is 1. The van der Waals surface area contributed by atoms with E-state index < -0.39 is 0 Å². The van der Waals surface area contributed by atoms with Crippen LogP contribution in [0.4, 0.5) is 5.69 Å². The maximum Gasteiger partial charge on any atom is 0.224 e. The Morgan fingerprint density at radius 2 is 2.28 bits per heavy atom. The molecule has 1 aromatic carbocycles. The maximum absolute atomic E-state index is 11.8. The zero-order valence-electron chi connectivity index (χ0n) is 11.4. The second-order valence-electron chi connectivity index (χ2n) is 5.18. The molecule has 0 saturated carbocycles. The topological polar surface area (TPSA) is 46.3 Å². The van der Waals surface area contributed by atoms with E-state index in [1.807, 2.05) is 4.90 Å². The summed E-state index contributed by atoms with van der Waals surface area (Å²) in [4.78, 5) is 13.7. The van der Waals surface area contributed by atoms with Gasteiger partial charge in [0.1, 0.15) is 0 Å². The molecule has 0 aromatic heterocycles. The predicted octanol–water partition coefficient (Wildman–Crippen LogP) is 2.78. The molecule has 0 fully saturated rings. The van der Waals surface area contributed by atoms with Gasteiger partial charge in [-0.15, -0.1) is 0 Å². The fourth-order valence-corrected chi connectivity index (χ4v) is 2.69. The summed E-state index contributed by atoms with van der Waals surface area (Å²) in [5.74, 6) is 0.116. The molecule has 0 saturated heterocycles. The number of fused-ring (bicyclic) bond motifs is 1. The van der Waals surface area contributed by atoms with Crippen molar-refractivity contribution in [3.8, 4) is 0 Å². The molecule has 2 N–H and O–H groups in total. The summed E-state index contributed by atoms with van der Waals surface area (Å²) in [6.07, 6.45) is 2.99. The molecule has 1 aromatic rings. The third-order valence-electron chi connectivity index (χ3n) is 3.85. The fourth-order valence-electron chi connectivity index (χ4n) is 2.69. The molecule has 0 spiro atoms. The van der Waals surface area contributed by atoms with Gasteiger partial charge in [-0.3, -0.25) is 4.79 Å². The van der Waals surface area contributed by atoms with Crippen molar-refractivity contribution >= 4 is 11.6 Å². The molecule has 1 aliphatic heterocycles. The molecule has 1 heterocycles. The summed E-state index contributed by atoms with van der Waals surface area (Å²) < 4.78 is 0. The minimum absolute atomic E-state index is 0.0568. The lowest BCUT2D eigenvalue weighted by Gasteiger charge is -2.35. The lowest BCUT2D eigenvalue weighted by atomic mass is 9.93. The lowest BCUT2D eigenvalue weighted by Crippen LogP contribution is -2.40. The molecular formula is C15H22N2O. The minimum atomic E-state index is 0.0568. The second kappa shape index (κ2) is 5.11. The van der Waals surface area contributed by atoms with Gasteiger partial charge in [-0.25, -0.2) is 0 Å². The quantitative estimate of drug-likeness (QED) is 0.872. The predicted molar refractivity (Wildman–Crippen MR) is 74.6 cm³/mol. The van der Waals surface area contributed by atoms with Crippen molar-refractivity contribution in [3.63, 3.8) is 0 Å². The molecule has 0 bridgehead atoms. The first-order valence-electron chi connectivity index (χ1n) is 6.72. The molecule has 2 rings (SSSR count). The van der Waals surface area contributed by atoms with Crippen LogP contribution < -0.4 is 10.6 Å². The highest BCUT2D eigenvalue weighted by molar-refractivity contribution is 5.93. The first-order chi connectivity index (χ1) is 8.54. The fraction of sp³-hybridized carbons (Fsp3) is 0.533. The van der Waals surface area contributed by atoms with Crippen molar-refractivity contribution in [1.82, 2.24) is 0 Å². The van der Waals surface area contributed by atoms with Gasteiger partial charge in [0, 0.05) is 24.7 Å². The molecule has 98 valence electrons. The summed E-state index contributed by atoms with van der Waals surface area (Å²) >= 11 is 0.